The normalized spacial score (nSPS) is 14.2. The SMILES string of the molecule is COc1ccc(NC(=O)CN2C(=O)S/C(=C/c3cn(Cc4ccccc4C#N)c4ccccc34)C2=O)cc1. The second-order valence-corrected chi connectivity index (χ2v) is 9.54. The van der Waals surface area contributed by atoms with Gasteiger partial charge in [-0.25, -0.2) is 0 Å². The Morgan fingerprint density at radius 1 is 1.05 bits per heavy atom. The summed E-state index contributed by atoms with van der Waals surface area (Å²) in [5, 5.41) is 12.6. The predicted molar refractivity (Wildman–Crippen MR) is 146 cm³/mol. The van der Waals surface area contributed by atoms with Crippen LogP contribution in [0.5, 0.6) is 5.75 Å². The first-order valence-electron chi connectivity index (χ1n) is 11.7. The molecule has 188 valence electrons. The van der Waals surface area contributed by atoms with Crippen molar-refractivity contribution in [2.75, 3.05) is 19.0 Å². The minimum atomic E-state index is -0.517. The minimum Gasteiger partial charge on any atom is -0.497 e. The zero-order valence-corrected chi connectivity index (χ0v) is 21.2. The lowest BCUT2D eigenvalue weighted by Gasteiger charge is -2.12. The number of carbonyl (C=O) groups excluding carboxylic acids is 3. The summed E-state index contributed by atoms with van der Waals surface area (Å²) in [5.74, 6) is -0.349. The third-order valence-corrected chi connectivity index (χ3v) is 7.04. The van der Waals surface area contributed by atoms with E-state index in [1.54, 1.807) is 43.5 Å². The maximum Gasteiger partial charge on any atom is 0.294 e. The van der Waals surface area contributed by atoms with Crippen molar-refractivity contribution in [3.05, 3.63) is 101 Å². The van der Waals surface area contributed by atoms with E-state index < -0.39 is 17.1 Å². The smallest absolute Gasteiger partial charge is 0.294 e. The molecule has 0 spiro atoms. The molecule has 3 aromatic carbocycles. The molecular weight excluding hydrogens is 500 g/mol. The number of fused-ring (bicyclic) bond motifs is 1. The molecule has 0 aliphatic carbocycles. The number of nitrogens with zero attached hydrogens (tertiary/aromatic N) is 3. The number of benzene rings is 3. The second-order valence-electron chi connectivity index (χ2n) is 8.54. The number of amides is 3. The van der Waals surface area contributed by atoms with Gasteiger partial charge in [-0.2, -0.15) is 5.26 Å². The fourth-order valence-corrected chi connectivity index (χ4v) is 5.10. The van der Waals surface area contributed by atoms with Gasteiger partial charge >= 0.3 is 0 Å². The summed E-state index contributed by atoms with van der Waals surface area (Å²) in [4.78, 5) is 39.4. The third-order valence-electron chi connectivity index (χ3n) is 6.13. The Balaban J connectivity index is 1.37. The van der Waals surface area contributed by atoms with Crippen LogP contribution in [0.1, 0.15) is 16.7 Å². The average Bonchev–Trinajstić information content (AvgIpc) is 3.41. The van der Waals surface area contributed by atoms with E-state index in [4.69, 9.17) is 4.74 Å². The average molecular weight is 523 g/mol. The molecule has 9 heteroatoms. The van der Waals surface area contributed by atoms with E-state index in [2.05, 4.69) is 11.4 Å². The highest BCUT2D eigenvalue weighted by Gasteiger charge is 2.36. The summed E-state index contributed by atoms with van der Waals surface area (Å²) in [6, 6.07) is 24.1. The van der Waals surface area contributed by atoms with E-state index in [1.165, 1.54) is 0 Å². The van der Waals surface area contributed by atoms with Crippen LogP contribution in [0.3, 0.4) is 0 Å². The van der Waals surface area contributed by atoms with Crippen LogP contribution in [-0.2, 0) is 16.1 Å². The summed E-state index contributed by atoms with van der Waals surface area (Å²) in [6.45, 7) is 0.0891. The predicted octanol–water partition coefficient (Wildman–Crippen LogP) is 5.24. The first-order valence-corrected chi connectivity index (χ1v) is 12.5. The monoisotopic (exact) mass is 522 g/mol. The molecular formula is C29H22N4O4S. The van der Waals surface area contributed by atoms with Crippen molar-refractivity contribution in [1.29, 1.82) is 5.26 Å². The molecule has 3 amide bonds. The number of nitrogens with one attached hydrogen (secondary N) is 1. The zero-order chi connectivity index (χ0) is 26.6. The van der Waals surface area contributed by atoms with Crippen molar-refractivity contribution >= 4 is 51.5 Å². The number of para-hydroxylation sites is 1. The molecule has 0 radical (unpaired) electrons. The molecule has 1 N–H and O–H groups in total. The molecule has 2 heterocycles. The van der Waals surface area contributed by atoms with E-state index in [-0.39, 0.29) is 11.4 Å². The van der Waals surface area contributed by atoms with Gasteiger partial charge in [-0.1, -0.05) is 36.4 Å². The van der Waals surface area contributed by atoms with Gasteiger partial charge in [0.25, 0.3) is 11.1 Å². The van der Waals surface area contributed by atoms with Crippen LogP contribution >= 0.6 is 11.8 Å². The molecule has 0 bridgehead atoms. The molecule has 0 unspecified atom stereocenters. The first-order chi connectivity index (χ1) is 18.5. The molecule has 38 heavy (non-hydrogen) atoms. The number of carbonyl (C=O) groups is 3. The maximum atomic E-state index is 13.1. The molecule has 5 rings (SSSR count). The fourth-order valence-electron chi connectivity index (χ4n) is 4.27. The van der Waals surface area contributed by atoms with Gasteiger partial charge in [0.05, 0.1) is 23.6 Å². The number of anilines is 1. The second kappa shape index (κ2) is 10.7. The van der Waals surface area contributed by atoms with Gasteiger partial charge in [0.1, 0.15) is 12.3 Å². The van der Waals surface area contributed by atoms with E-state index in [9.17, 15) is 19.6 Å². The van der Waals surface area contributed by atoms with Crippen molar-refractivity contribution in [3.8, 4) is 11.8 Å². The number of aromatic nitrogens is 1. The first kappa shape index (κ1) is 24.9. The lowest BCUT2D eigenvalue weighted by molar-refractivity contribution is -0.127. The summed E-state index contributed by atoms with van der Waals surface area (Å²) in [7, 11) is 1.55. The largest absolute Gasteiger partial charge is 0.497 e. The molecule has 1 aliphatic heterocycles. The number of methoxy groups -OCH3 is 1. The third kappa shape index (κ3) is 5.03. The number of hydrogen-bond acceptors (Lipinski definition) is 6. The number of rotatable bonds is 7. The van der Waals surface area contributed by atoms with Gasteiger partial charge in [0, 0.05) is 34.9 Å². The quantitative estimate of drug-likeness (QED) is 0.333. The Morgan fingerprint density at radius 3 is 2.55 bits per heavy atom. The van der Waals surface area contributed by atoms with Gasteiger partial charge in [-0.3, -0.25) is 19.3 Å². The molecule has 1 fully saturated rings. The van der Waals surface area contributed by atoms with E-state index in [0.29, 0.717) is 23.5 Å². The van der Waals surface area contributed by atoms with E-state index >= 15 is 0 Å². The topological polar surface area (TPSA) is 104 Å². The van der Waals surface area contributed by atoms with Gasteiger partial charge in [0.15, 0.2) is 0 Å². The van der Waals surface area contributed by atoms with Crippen LogP contribution < -0.4 is 10.1 Å². The standard InChI is InChI=1S/C29H22N4O4S/c1-37-23-12-10-22(11-13-23)31-27(34)18-33-28(35)26(38-29(33)36)14-21-17-32(25-9-5-4-8-24(21)25)16-20-7-3-2-6-19(20)15-30/h2-14,17H,16,18H2,1H3,(H,31,34)/b26-14+. The van der Waals surface area contributed by atoms with Crippen molar-refractivity contribution in [2.24, 2.45) is 0 Å². The van der Waals surface area contributed by atoms with Crippen LogP contribution in [0, 0.1) is 11.3 Å². The van der Waals surface area contributed by atoms with Crippen LogP contribution in [-0.4, -0.2) is 40.2 Å². The Labute approximate surface area is 223 Å². The summed E-state index contributed by atoms with van der Waals surface area (Å²) < 4.78 is 7.12. The Hall–Kier alpha value is -4.81. The lowest BCUT2D eigenvalue weighted by atomic mass is 10.1. The Bertz CT molecular complexity index is 1630. The number of thioether (sulfide) groups is 1. The number of hydrogen-bond donors (Lipinski definition) is 1. The van der Waals surface area contributed by atoms with Gasteiger partial charge < -0.3 is 14.6 Å². The van der Waals surface area contributed by atoms with Crippen LogP contribution in [0.25, 0.3) is 17.0 Å². The molecule has 4 aromatic rings. The molecule has 0 saturated carbocycles. The highest BCUT2D eigenvalue weighted by Crippen LogP contribution is 2.34. The van der Waals surface area contributed by atoms with Gasteiger partial charge in [-0.05, 0) is 59.8 Å². The summed E-state index contributed by atoms with van der Waals surface area (Å²) >= 11 is 0.807. The maximum absolute atomic E-state index is 13.1. The molecule has 1 saturated heterocycles. The van der Waals surface area contributed by atoms with Gasteiger partial charge in [-0.15, -0.1) is 0 Å². The number of nitriles is 1. The molecule has 1 aromatic heterocycles. The summed E-state index contributed by atoms with van der Waals surface area (Å²) in [5.41, 5.74) is 3.71. The highest BCUT2D eigenvalue weighted by molar-refractivity contribution is 8.18. The van der Waals surface area contributed by atoms with Crippen LogP contribution in [0.4, 0.5) is 10.5 Å². The number of ether oxygens (including phenoxy) is 1. The Kier molecular flexibility index (Phi) is 6.98. The van der Waals surface area contributed by atoms with Crippen molar-refractivity contribution in [3.63, 3.8) is 0 Å². The van der Waals surface area contributed by atoms with Crippen molar-refractivity contribution in [1.82, 2.24) is 9.47 Å². The molecule has 1 aliphatic rings. The highest BCUT2D eigenvalue weighted by atomic mass is 32.2. The van der Waals surface area contributed by atoms with Crippen molar-refractivity contribution in [2.45, 2.75) is 6.54 Å². The Morgan fingerprint density at radius 2 is 1.79 bits per heavy atom. The van der Waals surface area contributed by atoms with E-state index in [1.807, 2.05) is 53.2 Å². The van der Waals surface area contributed by atoms with E-state index in [0.717, 1.165) is 38.7 Å². The molecule has 8 nitrogen and oxygen atoms in total. The minimum absolute atomic E-state index is 0.243. The zero-order valence-electron chi connectivity index (χ0n) is 20.4. The summed E-state index contributed by atoms with van der Waals surface area (Å²) in [6.07, 6.45) is 3.59. The van der Waals surface area contributed by atoms with Crippen LogP contribution in [0.2, 0.25) is 0 Å². The lowest BCUT2D eigenvalue weighted by Crippen LogP contribution is -2.36. The molecule has 0 atom stereocenters. The fraction of sp³-hybridized carbons (Fsp3) is 0.103. The number of imide groups is 1. The van der Waals surface area contributed by atoms with Gasteiger partial charge in [0.2, 0.25) is 5.91 Å². The van der Waals surface area contributed by atoms with Crippen molar-refractivity contribution < 1.29 is 19.1 Å². The van der Waals surface area contributed by atoms with Crippen LogP contribution in [0.15, 0.2) is 83.9 Å².